The van der Waals surface area contributed by atoms with Crippen molar-refractivity contribution in [1.82, 2.24) is 4.90 Å². The maximum atomic E-state index is 6.38. The maximum absolute atomic E-state index is 6.38. The lowest BCUT2D eigenvalue weighted by Crippen LogP contribution is -2.43. The summed E-state index contributed by atoms with van der Waals surface area (Å²) >= 11 is 0. The first-order valence-corrected chi connectivity index (χ1v) is 10.9. The Morgan fingerprint density at radius 1 is 0.857 bits per heavy atom. The van der Waals surface area contributed by atoms with Crippen LogP contribution in [-0.2, 0) is 6.42 Å². The molecule has 3 rings (SSSR count). The van der Waals surface area contributed by atoms with Crippen molar-refractivity contribution in [1.29, 1.82) is 0 Å². The first kappa shape index (κ1) is 22.8. The van der Waals surface area contributed by atoms with Gasteiger partial charge in [-0.2, -0.15) is 0 Å². The van der Waals surface area contributed by atoms with E-state index in [9.17, 15) is 0 Å². The summed E-state index contributed by atoms with van der Waals surface area (Å²) < 4.78 is 6.38. The summed E-state index contributed by atoms with van der Waals surface area (Å²) in [5, 5.41) is 0. The molecule has 0 spiro atoms. The Bertz CT molecular complexity index is 643. The van der Waals surface area contributed by atoms with Gasteiger partial charge in [0.2, 0.25) is 0 Å². The van der Waals surface area contributed by atoms with E-state index in [1.807, 2.05) is 0 Å². The molecule has 0 N–H and O–H groups in total. The number of piperidine rings is 1. The minimum absolute atomic E-state index is 0. The Labute approximate surface area is 177 Å². The standard InChI is InChI=1S/C25H35NO.ClH/c1-2-3-4-5-10-19-26-20-11-9-14-25(26)27-24-17-15-23(16-18-24)21-22-12-7-6-8-13-22;/h6-8,12-13,15-18,25H,2-5,9-11,14,19-21H2,1H3;1H. The average molecular weight is 402 g/mol. The van der Waals surface area contributed by atoms with Gasteiger partial charge in [0.05, 0.1) is 0 Å². The van der Waals surface area contributed by atoms with Crippen molar-refractivity contribution < 1.29 is 4.74 Å². The number of likely N-dealkylation sites (tertiary alicyclic amines) is 1. The molecule has 28 heavy (non-hydrogen) atoms. The molecule has 1 aliphatic heterocycles. The molecule has 2 nitrogen and oxygen atoms in total. The van der Waals surface area contributed by atoms with Gasteiger partial charge in [-0.1, -0.05) is 75.1 Å². The maximum Gasteiger partial charge on any atom is 0.152 e. The van der Waals surface area contributed by atoms with Crippen molar-refractivity contribution in [2.75, 3.05) is 13.1 Å². The minimum atomic E-state index is 0. The second kappa shape index (κ2) is 12.9. The molecule has 0 radical (unpaired) electrons. The third-order valence-electron chi connectivity index (χ3n) is 5.55. The van der Waals surface area contributed by atoms with Crippen LogP contribution in [-0.4, -0.2) is 24.2 Å². The Kier molecular flexibility index (Phi) is 10.5. The van der Waals surface area contributed by atoms with Gasteiger partial charge in [-0.05, 0) is 55.4 Å². The molecule has 1 heterocycles. The minimum Gasteiger partial charge on any atom is -0.475 e. The molecule has 1 saturated heterocycles. The Morgan fingerprint density at radius 3 is 2.32 bits per heavy atom. The van der Waals surface area contributed by atoms with Gasteiger partial charge < -0.3 is 4.74 Å². The lowest BCUT2D eigenvalue weighted by molar-refractivity contribution is -0.00474. The molecule has 0 aliphatic carbocycles. The van der Waals surface area contributed by atoms with Crippen molar-refractivity contribution in [2.45, 2.75) is 70.9 Å². The highest BCUT2D eigenvalue weighted by molar-refractivity contribution is 5.85. The zero-order chi connectivity index (χ0) is 18.7. The van der Waals surface area contributed by atoms with Crippen LogP contribution >= 0.6 is 12.4 Å². The van der Waals surface area contributed by atoms with Crippen molar-refractivity contribution in [3.8, 4) is 5.75 Å². The molecule has 0 saturated carbocycles. The van der Waals surface area contributed by atoms with Crippen LogP contribution in [0.25, 0.3) is 0 Å². The van der Waals surface area contributed by atoms with Gasteiger partial charge in [0.25, 0.3) is 0 Å². The van der Waals surface area contributed by atoms with Gasteiger partial charge in [0, 0.05) is 13.1 Å². The topological polar surface area (TPSA) is 12.5 Å². The van der Waals surface area contributed by atoms with E-state index >= 15 is 0 Å². The zero-order valence-electron chi connectivity index (χ0n) is 17.3. The smallest absolute Gasteiger partial charge is 0.152 e. The molecule has 0 aromatic heterocycles. The van der Waals surface area contributed by atoms with Crippen LogP contribution in [0.15, 0.2) is 54.6 Å². The lowest BCUT2D eigenvalue weighted by Gasteiger charge is -2.35. The van der Waals surface area contributed by atoms with Gasteiger partial charge >= 0.3 is 0 Å². The number of rotatable bonds is 10. The van der Waals surface area contributed by atoms with E-state index in [0.29, 0.717) is 0 Å². The second-order valence-electron chi connectivity index (χ2n) is 7.82. The molecule has 154 valence electrons. The highest BCUT2D eigenvalue weighted by Crippen LogP contribution is 2.23. The molecule has 2 aromatic carbocycles. The van der Waals surface area contributed by atoms with E-state index in [4.69, 9.17) is 4.74 Å². The van der Waals surface area contributed by atoms with Crippen LogP contribution < -0.4 is 4.74 Å². The highest BCUT2D eigenvalue weighted by Gasteiger charge is 2.23. The fourth-order valence-corrected chi connectivity index (χ4v) is 3.94. The van der Waals surface area contributed by atoms with E-state index in [0.717, 1.165) is 18.6 Å². The molecule has 1 fully saturated rings. The summed E-state index contributed by atoms with van der Waals surface area (Å²) in [5.41, 5.74) is 2.69. The number of halogens is 1. The summed E-state index contributed by atoms with van der Waals surface area (Å²) in [7, 11) is 0. The number of hydrogen-bond acceptors (Lipinski definition) is 2. The largest absolute Gasteiger partial charge is 0.475 e. The van der Waals surface area contributed by atoms with Crippen LogP contribution in [0.4, 0.5) is 0 Å². The average Bonchev–Trinajstić information content (AvgIpc) is 2.71. The number of hydrogen-bond donors (Lipinski definition) is 0. The molecule has 0 bridgehead atoms. The van der Waals surface area contributed by atoms with Crippen LogP contribution in [0.3, 0.4) is 0 Å². The Balaban J connectivity index is 0.00000280. The van der Waals surface area contributed by atoms with Crippen molar-refractivity contribution in [3.05, 3.63) is 65.7 Å². The van der Waals surface area contributed by atoms with E-state index in [-0.39, 0.29) is 18.6 Å². The van der Waals surface area contributed by atoms with Crippen molar-refractivity contribution in [3.63, 3.8) is 0 Å². The summed E-state index contributed by atoms with van der Waals surface area (Å²) in [6.45, 7) is 4.64. The van der Waals surface area contributed by atoms with Crippen LogP contribution in [0, 0.1) is 0 Å². The molecular weight excluding hydrogens is 366 g/mol. The monoisotopic (exact) mass is 401 g/mol. The van der Waals surface area contributed by atoms with Gasteiger partial charge in [0.15, 0.2) is 6.23 Å². The highest BCUT2D eigenvalue weighted by atomic mass is 35.5. The molecule has 1 atom stereocenters. The summed E-state index contributed by atoms with van der Waals surface area (Å²) in [4.78, 5) is 2.56. The van der Waals surface area contributed by atoms with Gasteiger partial charge in [0.1, 0.15) is 5.75 Å². The molecule has 1 unspecified atom stereocenters. The number of benzene rings is 2. The first-order valence-electron chi connectivity index (χ1n) is 10.9. The molecule has 3 heteroatoms. The van der Waals surface area contributed by atoms with E-state index in [1.165, 1.54) is 69.2 Å². The van der Waals surface area contributed by atoms with Crippen LogP contribution in [0.5, 0.6) is 5.75 Å². The van der Waals surface area contributed by atoms with Crippen molar-refractivity contribution in [2.24, 2.45) is 0 Å². The predicted molar refractivity (Wildman–Crippen MR) is 122 cm³/mol. The Morgan fingerprint density at radius 2 is 1.57 bits per heavy atom. The SMILES string of the molecule is CCCCCCCN1CCCCC1Oc1ccc(Cc2ccccc2)cc1.Cl. The van der Waals surface area contributed by atoms with Gasteiger partial charge in [-0.3, -0.25) is 4.90 Å². The third kappa shape index (κ3) is 7.48. The number of ether oxygens (including phenoxy) is 1. The fraction of sp³-hybridized carbons (Fsp3) is 0.520. The quantitative estimate of drug-likeness (QED) is 0.403. The number of nitrogens with zero attached hydrogens (tertiary/aromatic N) is 1. The molecule has 1 aliphatic rings. The normalized spacial score (nSPS) is 17.1. The van der Waals surface area contributed by atoms with E-state index in [1.54, 1.807) is 0 Å². The summed E-state index contributed by atoms with van der Waals surface area (Å²) in [5.74, 6) is 1.01. The van der Waals surface area contributed by atoms with Crippen LogP contribution in [0.1, 0.15) is 69.4 Å². The Hall–Kier alpha value is -1.51. The van der Waals surface area contributed by atoms with E-state index < -0.39 is 0 Å². The molecule has 2 aromatic rings. The van der Waals surface area contributed by atoms with E-state index in [2.05, 4.69) is 66.4 Å². The fourth-order valence-electron chi connectivity index (χ4n) is 3.94. The molecular formula is C25H36ClNO. The number of unbranched alkanes of at least 4 members (excludes halogenated alkanes) is 4. The summed E-state index contributed by atoms with van der Waals surface area (Å²) in [6.07, 6.45) is 11.7. The zero-order valence-corrected chi connectivity index (χ0v) is 18.1. The summed E-state index contributed by atoms with van der Waals surface area (Å²) in [6, 6.07) is 19.4. The van der Waals surface area contributed by atoms with Gasteiger partial charge in [-0.15, -0.1) is 12.4 Å². The third-order valence-corrected chi connectivity index (χ3v) is 5.55. The van der Waals surface area contributed by atoms with Crippen molar-refractivity contribution >= 4 is 12.4 Å². The first-order chi connectivity index (χ1) is 13.3. The van der Waals surface area contributed by atoms with Crippen LogP contribution in [0.2, 0.25) is 0 Å². The lowest BCUT2D eigenvalue weighted by atomic mass is 10.1. The molecule has 0 amide bonds. The van der Waals surface area contributed by atoms with Gasteiger partial charge in [-0.25, -0.2) is 0 Å². The predicted octanol–water partition coefficient (Wildman–Crippen LogP) is 6.86. The second-order valence-corrected chi connectivity index (χ2v) is 7.82.